The van der Waals surface area contributed by atoms with E-state index in [0.29, 0.717) is 5.76 Å². The SMILES string of the molecule is Cc1ccc(C2C(C(=O)O)CC(=O)N2C2CC2)o1. The minimum atomic E-state index is -0.925. The summed E-state index contributed by atoms with van der Waals surface area (Å²) in [6.45, 7) is 1.82. The van der Waals surface area contributed by atoms with E-state index in [1.165, 1.54) is 0 Å². The second-order valence-corrected chi connectivity index (χ2v) is 5.07. The average molecular weight is 249 g/mol. The van der Waals surface area contributed by atoms with Gasteiger partial charge in [-0.25, -0.2) is 0 Å². The maximum atomic E-state index is 12.0. The molecule has 18 heavy (non-hydrogen) atoms. The van der Waals surface area contributed by atoms with E-state index in [1.54, 1.807) is 11.0 Å². The molecule has 1 aromatic rings. The van der Waals surface area contributed by atoms with Gasteiger partial charge in [0.1, 0.15) is 17.6 Å². The smallest absolute Gasteiger partial charge is 0.309 e. The van der Waals surface area contributed by atoms with Crippen LogP contribution < -0.4 is 0 Å². The summed E-state index contributed by atoms with van der Waals surface area (Å²) in [4.78, 5) is 25.0. The van der Waals surface area contributed by atoms with Gasteiger partial charge in [0.2, 0.25) is 5.91 Å². The first kappa shape index (κ1) is 11.3. The topological polar surface area (TPSA) is 70.8 Å². The van der Waals surface area contributed by atoms with Gasteiger partial charge in [-0.2, -0.15) is 0 Å². The molecule has 0 spiro atoms. The molecule has 1 aliphatic heterocycles. The number of carbonyl (C=O) groups is 2. The molecule has 2 aliphatic rings. The third kappa shape index (κ3) is 1.70. The van der Waals surface area contributed by atoms with Crippen molar-refractivity contribution in [3.05, 3.63) is 23.7 Å². The Morgan fingerprint density at radius 3 is 2.67 bits per heavy atom. The first-order chi connectivity index (χ1) is 8.58. The van der Waals surface area contributed by atoms with Gasteiger partial charge in [0.25, 0.3) is 0 Å². The molecule has 1 aliphatic carbocycles. The minimum Gasteiger partial charge on any atom is -0.481 e. The van der Waals surface area contributed by atoms with Gasteiger partial charge in [-0.05, 0) is 31.9 Å². The largest absolute Gasteiger partial charge is 0.481 e. The molecule has 1 saturated heterocycles. The van der Waals surface area contributed by atoms with Crippen LogP contribution in [0.4, 0.5) is 0 Å². The van der Waals surface area contributed by atoms with E-state index in [-0.39, 0.29) is 18.4 Å². The first-order valence-corrected chi connectivity index (χ1v) is 6.18. The van der Waals surface area contributed by atoms with Gasteiger partial charge in [-0.3, -0.25) is 9.59 Å². The van der Waals surface area contributed by atoms with Gasteiger partial charge >= 0.3 is 5.97 Å². The number of hydrogen-bond donors (Lipinski definition) is 1. The molecule has 2 atom stereocenters. The fraction of sp³-hybridized carbons (Fsp3) is 0.538. The van der Waals surface area contributed by atoms with Crippen molar-refractivity contribution in [3.63, 3.8) is 0 Å². The number of furan rings is 1. The lowest BCUT2D eigenvalue weighted by atomic mass is 9.98. The van der Waals surface area contributed by atoms with Crippen molar-refractivity contribution in [1.82, 2.24) is 4.90 Å². The summed E-state index contributed by atoms with van der Waals surface area (Å²) in [5.41, 5.74) is 0. The predicted molar refractivity (Wildman–Crippen MR) is 61.8 cm³/mol. The third-order valence-electron chi connectivity index (χ3n) is 3.67. The van der Waals surface area contributed by atoms with Crippen LogP contribution in [0.1, 0.15) is 36.8 Å². The van der Waals surface area contributed by atoms with Gasteiger partial charge in [0, 0.05) is 12.5 Å². The third-order valence-corrected chi connectivity index (χ3v) is 3.67. The molecule has 2 fully saturated rings. The van der Waals surface area contributed by atoms with Crippen LogP contribution in [0.15, 0.2) is 16.5 Å². The summed E-state index contributed by atoms with van der Waals surface area (Å²) in [7, 11) is 0. The van der Waals surface area contributed by atoms with Crippen LogP contribution in [-0.2, 0) is 9.59 Å². The van der Waals surface area contributed by atoms with E-state index in [2.05, 4.69) is 0 Å². The highest BCUT2D eigenvalue weighted by Crippen LogP contribution is 2.45. The van der Waals surface area contributed by atoms with Crippen LogP contribution >= 0.6 is 0 Å². The number of aliphatic carboxylic acids is 1. The molecule has 1 aromatic heterocycles. The maximum Gasteiger partial charge on any atom is 0.309 e. The Bertz CT molecular complexity index is 503. The van der Waals surface area contributed by atoms with Crippen molar-refractivity contribution in [2.45, 2.75) is 38.3 Å². The zero-order valence-corrected chi connectivity index (χ0v) is 10.1. The molecule has 5 nitrogen and oxygen atoms in total. The van der Waals surface area contributed by atoms with Crippen LogP contribution in [0.25, 0.3) is 0 Å². The number of likely N-dealkylation sites (tertiary alicyclic amines) is 1. The fourth-order valence-electron chi connectivity index (χ4n) is 2.71. The Morgan fingerprint density at radius 2 is 2.17 bits per heavy atom. The lowest BCUT2D eigenvalue weighted by Gasteiger charge is -2.25. The summed E-state index contributed by atoms with van der Waals surface area (Å²) < 4.78 is 5.55. The number of rotatable bonds is 3. The lowest BCUT2D eigenvalue weighted by Crippen LogP contribution is -2.32. The number of carbonyl (C=O) groups excluding carboxylic acids is 1. The van der Waals surface area contributed by atoms with Crippen LogP contribution in [0.5, 0.6) is 0 Å². The van der Waals surface area contributed by atoms with Crippen molar-refractivity contribution >= 4 is 11.9 Å². The monoisotopic (exact) mass is 249 g/mol. The van der Waals surface area contributed by atoms with Gasteiger partial charge in [0.05, 0.1) is 5.92 Å². The van der Waals surface area contributed by atoms with Gasteiger partial charge in [0.15, 0.2) is 0 Å². The van der Waals surface area contributed by atoms with E-state index in [4.69, 9.17) is 4.42 Å². The van der Waals surface area contributed by atoms with Crippen LogP contribution in [0.3, 0.4) is 0 Å². The Balaban J connectivity index is 1.98. The maximum absolute atomic E-state index is 12.0. The Kier molecular flexibility index (Phi) is 2.43. The minimum absolute atomic E-state index is 0.0658. The number of hydrogen-bond acceptors (Lipinski definition) is 3. The predicted octanol–water partition coefficient (Wildman–Crippen LogP) is 1.72. The highest BCUT2D eigenvalue weighted by atomic mass is 16.4. The van der Waals surface area contributed by atoms with Crippen LogP contribution in [0.2, 0.25) is 0 Å². The van der Waals surface area contributed by atoms with Crippen molar-refractivity contribution in [1.29, 1.82) is 0 Å². The quantitative estimate of drug-likeness (QED) is 0.885. The standard InChI is InChI=1S/C13H15NO4/c1-7-2-5-10(18-7)12-9(13(16)17)6-11(15)14(12)8-3-4-8/h2,5,8-9,12H,3-4,6H2,1H3,(H,16,17). The molecule has 0 radical (unpaired) electrons. The molecule has 0 bridgehead atoms. The number of aryl methyl sites for hydroxylation is 1. The van der Waals surface area contributed by atoms with E-state index >= 15 is 0 Å². The molecule has 0 aromatic carbocycles. The second-order valence-electron chi connectivity index (χ2n) is 5.07. The van der Waals surface area contributed by atoms with E-state index in [0.717, 1.165) is 18.6 Å². The Morgan fingerprint density at radius 1 is 1.44 bits per heavy atom. The summed E-state index contributed by atoms with van der Waals surface area (Å²) in [6.07, 6.45) is 2.01. The number of carboxylic acids is 1. The van der Waals surface area contributed by atoms with E-state index in [1.807, 2.05) is 13.0 Å². The molecule has 3 rings (SSSR count). The fourth-order valence-corrected chi connectivity index (χ4v) is 2.71. The molecule has 2 unspecified atom stereocenters. The molecular formula is C13H15NO4. The molecule has 5 heteroatoms. The van der Waals surface area contributed by atoms with Crippen molar-refractivity contribution in [2.24, 2.45) is 5.92 Å². The van der Waals surface area contributed by atoms with Crippen LogP contribution in [-0.4, -0.2) is 27.9 Å². The molecule has 1 N–H and O–H groups in total. The van der Waals surface area contributed by atoms with Gasteiger partial charge in [-0.1, -0.05) is 0 Å². The highest BCUT2D eigenvalue weighted by molar-refractivity contribution is 5.87. The van der Waals surface area contributed by atoms with Crippen LogP contribution in [0, 0.1) is 12.8 Å². The Labute approximate surface area is 104 Å². The number of nitrogens with zero attached hydrogens (tertiary/aromatic N) is 1. The van der Waals surface area contributed by atoms with E-state index in [9.17, 15) is 14.7 Å². The zero-order chi connectivity index (χ0) is 12.9. The van der Waals surface area contributed by atoms with Crippen molar-refractivity contribution < 1.29 is 19.1 Å². The molecule has 2 heterocycles. The summed E-state index contributed by atoms with van der Waals surface area (Å²) in [5, 5.41) is 9.27. The lowest BCUT2D eigenvalue weighted by molar-refractivity contribution is -0.143. The number of amides is 1. The normalized spacial score (nSPS) is 27.8. The summed E-state index contributed by atoms with van der Waals surface area (Å²) in [5.74, 6) is -0.347. The first-order valence-electron chi connectivity index (χ1n) is 6.18. The van der Waals surface area contributed by atoms with Crippen molar-refractivity contribution in [2.75, 3.05) is 0 Å². The molecule has 1 saturated carbocycles. The summed E-state index contributed by atoms with van der Waals surface area (Å²) in [6, 6.07) is 3.36. The molecule has 96 valence electrons. The van der Waals surface area contributed by atoms with Gasteiger partial charge < -0.3 is 14.4 Å². The zero-order valence-electron chi connectivity index (χ0n) is 10.1. The van der Waals surface area contributed by atoms with Gasteiger partial charge in [-0.15, -0.1) is 0 Å². The molecular weight excluding hydrogens is 234 g/mol. The number of carboxylic acid groups (broad SMARTS) is 1. The summed E-state index contributed by atoms with van der Waals surface area (Å²) >= 11 is 0. The Hall–Kier alpha value is -1.78. The van der Waals surface area contributed by atoms with E-state index < -0.39 is 17.9 Å². The average Bonchev–Trinajstić information content (AvgIpc) is 2.95. The second kappa shape index (κ2) is 3.86. The highest BCUT2D eigenvalue weighted by Gasteiger charge is 2.51. The van der Waals surface area contributed by atoms with Crippen molar-refractivity contribution in [3.8, 4) is 0 Å². The molecule has 1 amide bonds.